The lowest BCUT2D eigenvalue weighted by molar-refractivity contribution is -0.142. The van der Waals surface area contributed by atoms with Crippen LogP contribution in [0.25, 0.3) is 0 Å². The normalized spacial score (nSPS) is 35.4. The van der Waals surface area contributed by atoms with E-state index < -0.39 is 5.97 Å². The second-order valence-electron chi connectivity index (χ2n) is 8.28. The molecule has 0 aromatic rings. The van der Waals surface area contributed by atoms with Crippen LogP contribution in [0.2, 0.25) is 0 Å². The molecular weight excluding hydrogens is 238 g/mol. The van der Waals surface area contributed by atoms with Crippen LogP contribution in [-0.2, 0) is 4.79 Å². The summed E-state index contributed by atoms with van der Waals surface area (Å²) >= 11 is 0. The van der Waals surface area contributed by atoms with E-state index in [1.54, 1.807) is 0 Å². The Labute approximate surface area is 117 Å². The molecule has 2 atom stereocenters. The van der Waals surface area contributed by atoms with E-state index in [2.05, 4.69) is 39.5 Å². The highest BCUT2D eigenvalue weighted by atomic mass is 16.4. The van der Waals surface area contributed by atoms with Crippen LogP contribution >= 0.6 is 0 Å². The summed E-state index contributed by atoms with van der Waals surface area (Å²) in [4.78, 5) is 13.7. The van der Waals surface area contributed by atoms with E-state index in [9.17, 15) is 9.90 Å². The van der Waals surface area contributed by atoms with Gasteiger partial charge in [-0.05, 0) is 50.0 Å². The molecular formula is C16H29NO2. The largest absolute Gasteiger partial charge is 0.481 e. The molecule has 1 aliphatic carbocycles. The minimum atomic E-state index is -0.621. The van der Waals surface area contributed by atoms with Crippen molar-refractivity contribution in [2.45, 2.75) is 72.4 Å². The molecule has 110 valence electrons. The van der Waals surface area contributed by atoms with E-state index in [0.717, 1.165) is 13.0 Å². The van der Waals surface area contributed by atoms with Crippen LogP contribution in [-0.4, -0.2) is 34.6 Å². The molecule has 3 nitrogen and oxygen atoms in total. The van der Waals surface area contributed by atoms with Gasteiger partial charge in [-0.2, -0.15) is 0 Å². The Morgan fingerprint density at radius 3 is 2.11 bits per heavy atom. The third-order valence-corrected chi connectivity index (χ3v) is 5.12. The summed E-state index contributed by atoms with van der Waals surface area (Å²) in [6.45, 7) is 12.5. The quantitative estimate of drug-likeness (QED) is 0.833. The van der Waals surface area contributed by atoms with Crippen molar-refractivity contribution in [3.05, 3.63) is 0 Å². The zero-order chi connectivity index (χ0) is 14.4. The molecule has 2 aliphatic rings. The van der Waals surface area contributed by atoms with E-state index in [1.807, 2.05) is 0 Å². The molecule has 0 spiro atoms. The SMILES string of the molecule is CC1C(C(=O)O)CCN1C1CC(C)(C)CC(C)(C)C1. The van der Waals surface area contributed by atoms with Crippen LogP contribution in [0, 0.1) is 16.7 Å². The molecule has 1 saturated heterocycles. The number of carboxylic acids is 1. The Morgan fingerprint density at radius 2 is 1.68 bits per heavy atom. The fourth-order valence-corrected chi connectivity index (χ4v) is 4.83. The molecule has 1 aliphatic heterocycles. The minimum Gasteiger partial charge on any atom is -0.481 e. The van der Waals surface area contributed by atoms with Gasteiger partial charge >= 0.3 is 5.97 Å². The highest BCUT2D eigenvalue weighted by molar-refractivity contribution is 5.71. The van der Waals surface area contributed by atoms with E-state index >= 15 is 0 Å². The Hall–Kier alpha value is -0.570. The first-order valence-corrected chi connectivity index (χ1v) is 7.60. The molecule has 1 heterocycles. The summed E-state index contributed by atoms with van der Waals surface area (Å²) in [5.41, 5.74) is 0.737. The number of carbonyl (C=O) groups is 1. The average Bonchev–Trinajstić information content (AvgIpc) is 2.54. The molecule has 1 saturated carbocycles. The number of hydrogen-bond acceptors (Lipinski definition) is 2. The molecule has 1 N–H and O–H groups in total. The maximum Gasteiger partial charge on any atom is 0.308 e. The summed E-state index contributed by atoms with van der Waals surface area (Å²) in [5.74, 6) is -0.794. The Kier molecular flexibility index (Phi) is 3.72. The van der Waals surface area contributed by atoms with Crippen molar-refractivity contribution in [3.63, 3.8) is 0 Å². The Morgan fingerprint density at radius 1 is 1.16 bits per heavy atom. The van der Waals surface area contributed by atoms with Gasteiger partial charge in [0, 0.05) is 12.1 Å². The first kappa shape index (κ1) is 14.8. The van der Waals surface area contributed by atoms with Gasteiger partial charge in [0.15, 0.2) is 0 Å². The number of rotatable bonds is 2. The van der Waals surface area contributed by atoms with E-state index in [1.165, 1.54) is 19.3 Å². The number of hydrogen-bond donors (Lipinski definition) is 1. The topological polar surface area (TPSA) is 40.5 Å². The van der Waals surface area contributed by atoms with E-state index in [4.69, 9.17) is 0 Å². The number of carboxylic acid groups (broad SMARTS) is 1. The van der Waals surface area contributed by atoms with Gasteiger partial charge < -0.3 is 5.11 Å². The average molecular weight is 267 g/mol. The molecule has 0 bridgehead atoms. The lowest BCUT2D eigenvalue weighted by Gasteiger charge is -2.49. The minimum absolute atomic E-state index is 0.173. The standard InChI is InChI=1S/C16H29NO2/c1-11-13(14(18)19)6-7-17(11)12-8-15(2,3)10-16(4,5)9-12/h11-13H,6-10H2,1-5H3,(H,18,19). The van der Waals surface area contributed by atoms with Crippen molar-refractivity contribution in [1.82, 2.24) is 4.90 Å². The van der Waals surface area contributed by atoms with E-state index in [0.29, 0.717) is 16.9 Å². The summed E-state index contributed by atoms with van der Waals surface area (Å²) in [6.07, 6.45) is 4.48. The highest BCUT2D eigenvalue weighted by Gasteiger charge is 2.45. The van der Waals surface area contributed by atoms with Gasteiger partial charge in [-0.3, -0.25) is 9.69 Å². The monoisotopic (exact) mass is 267 g/mol. The first-order valence-electron chi connectivity index (χ1n) is 7.60. The maximum absolute atomic E-state index is 11.3. The van der Waals surface area contributed by atoms with Gasteiger partial charge in [0.25, 0.3) is 0 Å². The van der Waals surface area contributed by atoms with Crippen LogP contribution in [0.5, 0.6) is 0 Å². The third-order valence-electron chi connectivity index (χ3n) is 5.12. The summed E-state index contributed by atoms with van der Waals surface area (Å²) in [6, 6.07) is 0.741. The number of aliphatic carboxylic acids is 1. The molecule has 0 aromatic heterocycles. The van der Waals surface area contributed by atoms with E-state index in [-0.39, 0.29) is 12.0 Å². The van der Waals surface area contributed by atoms with Crippen molar-refractivity contribution < 1.29 is 9.90 Å². The predicted octanol–water partition coefficient (Wildman–Crippen LogP) is 3.39. The fourth-order valence-electron chi connectivity index (χ4n) is 4.83. The predicted molar refractivity (Wildman–Crippen MR) is 77.1 cm³/mol. The second kappa shape index (κ2) is 4.76. The summed E-state index contributed by atoms with van der Waals surface area (Å²) in [7, 11) is 0. The van der Waals surface area contributed by atoms with Crippen molar-refractivity contribution >= 4 is 5.97 Å². The van der Waals surface area contributed by atoms with Crippen molar-refractivity contribution in [2.75, 3.05) is 6.54 Å². The number of likely N-dealkylation sites (tertiary alicyclic amines) is 1. The lowest BCUT2D eigenvalue weighted by Crippen LogP contribution is -2.48. The van der Waals surface area contributed by atoms with Crippen LogP contribution < -0.4 is 0 Å². The van der Waals surface area contributed by atoms with Gasteiger partial charge in [0.2, 0.25) is 0 Å². The molecule has 0 amide bonds. The van der Waals surface area contributed by atoms with Crippen LogP contribution in [0.3, 0.4) is 0 Å². The van der Waals surface area contributed by atoms with Gasteiger partial charge in [0.05, 0.1) is 5.92 Å². The Bertz CT molecular complexity index is 346. The molecule has 19 heavy (non-hydrogen) atoms. The third kappa shape index (κ3) is 3.13. The van der Waals surface area contributed by atoms with Gasteiger partial charge in [-0.25, -0.2) is 0 Å². The number of nitrogens with zero attached hydrogens (tertiary/aromatic N) is 1. The molecule has 0 aromatic carbocycles. The van der Waals surface area contributed by atoms with Gasteiger partial charge in [-0.15, -0.1) is 0 Å². The van der Waals surface area contributed by atoms with Gasteiger partial charge in [-0.1, -0.05) is 27.7 Å². The maximum atomic E-state index is 11.3. The molecule has 2 rings (SSSR count). The zero-order valence-electron chi connectivity index (χ0n) is 13.1. The Balaban J connectivity index is 2.12. The van der Waals surface area contributed by atoms with Crippen LogP contribution in [0.15, 0.2) is 0 Å². The molecule has 0 radical (unpaired) electrons. The van der Waals surface area contributed by atoms with Gasteiger partial charge in [0.1, 0.15) is 0 Å². The summed E-state index contributed by atoms with van der Waals surface area (Å²) < 4.78 is 0. The molecule has 2 unspecified atom stereocenters. The zero-order valence-corrected chi connectivity index (χ0v) is 13.1. The van der Waals surface area contributed by atoms with Crippen molar-refractivity contribution in [3.8, 4) is 0 Å². The van der Waals surface area contributed by atoms with Crippen molar-refractivity contribution in [2.24, 2.45) is 16.7 Å². The molecule has 3 heteroatoms. The van der Waals surface area contributed by atoms with Crippen LogP contribution in [0.4, 0.5) is 0 Å². The lowest BCUT2D eigenvalue weighted by atomic mass is 9.63. The molecule has 2 fully saturated rings. The van der Waals surface area contributed by atoms with Crippen molar-refractivity contribution in [1.29, 1.82) is 0 Å². The smallest absolute Gasteiger partial charge is 0.308 e. The van der Waals surface area contributed by atoms with Crippen LogP contribution in [0.1, 0.15) is 60.3 Å². The first-order chi connectivity index (χ1) is 8.61. The fraction of sp³-hybridized carbons (Fsp3) is 0.938. The second-order valence-corrected chi connectivity index (χ2v) is 8.28. The summed E-state index contributed by atoms with van der Waals surface area (Å²) in [5, 5.41) is 9.28. The highest BCUT2D eigenvalue weighted by Crippen LogP contribution is 2.48.